The van der Waals surface area contributed by atoms with Gasteiger partial charge in [-0.1, -0.05) is 53.5 Å². The van der Waals surface area contributed by atoms with E-state index in [4.69, 9.17) is 42.1 Å². The zero-order chi connectivity index (χ0) is 36.6. The van der Waals surface area contributed by atoms with Gasteiger partial charge in [0.25, 0.3) is 0 Å². The predicted molar refractivity (Wildman–Crippen MR) is 200 cm³/mol. The van der Waals surface area contributed by atoms with E-state index in [1.165, 1.54) is 0 Å². The minimum atomic E-state index is -3.50. The first kappa shape index (κ1) is 41.1. The van der Waals surface area contributed by atoms with E-state index in [1.807, 2.05) is 26.1 Å². The number of nitrogens with zero attached hydrogens (tertiary/aromatic N) is 1. The number of Topliss-reactive ketones (excluding diaryl/α,β-unsaturated/α-hetero) is 2. The Balaban J connectivity index is 1.06. The van der Waals surface area contributed by atoms with E-state index in [0.717, 1.165) is 23.2 Å². The first-order valence-electron chi connectivity index (χ1n) is 17.6. The smallest absolute Gasteiger partial charge is 0.178 e. The summed E-state index contributed by atoms with van der Waals surface area (Å²) in [7, 11) is -1.48. The number of rotatable bonds is 23. The third-order valence-electron chi connectivity index (χ3n) is 8.65. The zero-order valence-corrected chi connectivity index (χ0v) is 31.9. The van der Waals surface area contributed by atoms with E-state index < -0.39 is 9.84 Å². The summed E-state index contributed by atoms with van der Waals surface area (Å²) in [6.07, 6.45) is 2.31. The molecule has 1 heterocycles. The lowest BCUT2D eigenvalue weighted by molar-refractivity contribution is 0.0142. The van der Waals surface area contributed by atoms with Gasteiger partial charge in [-0.05, 0) is 80.3 Å². The molecule has 4 rings (SSSR count). The summed E-state index contributed by atoms with van der Waals surface area (Å²) >= 11 is 12.8. The van der Waals surface area contributed by atoms with Crippen molar-refractivity contribution < 1.29 is 37.0 Å². The minimum absolute atomic E-state index is 0.0108. The Bertz CT molecular complexity index is 1700. The van der Waals surface area contributed by atoms with E-state index in [0.29, 0.717) is 118 Å². The van der Waals surface area contributed by atoms with E-state index in [9.17, 15) is 18.0 Å². The molecule has 12 heteroatoms. The van der Waals surface area contributed by atoms with Crippen molar-refractivity contribution >= 4 is 44.6 Å². The number of halogens is 2. The maximum atomic E-state index is 13.2. The Hall–Kier alpha value is -2.67. The van der Waals surface area contributed by atoms with Crippen molar-refractivity contribution in [2.45, 2.75) is 56.4 Å². The Morgan fingerprint density at radius 3 is 2.00 bits per heavy atom. The monoisotopic (exact) mass is 761 g/mol. The van der Waals surface area contributed by atoms with Crippen LogP contribution in [-0.2, 0) is 35.3 Å². The van der Waals surface area contributed by atoms with Crippen LogP contribution in [0.25, 0.3) is 0 Å². The van der Waals surface area contributed by atoms with Crippen LogP contribution in [0.5, 0.6) is 0 Å². The van der Waals surface area contributed by atoms with Crippen molar-refractivity contribution in [2.75, 3.05) is 72.2 Å². The normalized spacial score (nSPS) is 14.8. The van der Waals surface area contributed by atoms with Gasteiger partial charge in [0.15, 0.2) is 21.4 Å². The van der Waals surface area contributed by atoms with Crippen molar-refractivity contribution in [1.82, 2.24) is 4.90 Å². The van der Waals surface area contributed by atoms with Crippen LogP contribution in [0.15, 0.2) is 65.6 Å². The van der Waals surface area contributed by atoms with Gasteiger partial charge in [-0.25, -0.2) is 8.42 Å². The highest BCUT2D eigenvalue weighted by atomic mass is 35.5. The molecule has 0 aromatic heterocycles. The van der Waals surface area contributed by atoms with Gasteiger partial charge in [0.2, 0.25) is 0 Å². The minimum Gasteiger partial charge on any atom is -0.382 e. The van der Waals surface area contributed by atoms with Crippen molar-refractivity contribution in [2.24, 2.45) is 0 Å². The molecule has 1 unspecified atom stereocenters. The third kappa shape index (κ3) is 13.0. The second-order valence-electron chi connectivity index (χ2n) is 12.6. The van der Waals surface area contributed by atoms with Crippen LogP contribution in [0.3, 0.4) is 0 Å². The van der Waals surface area contributed by atoms with Crippen LogP contribution >= 0.6 is 23.2 Å². The molecule has 1 aliphatic heterocycles. The van der Waals surface area contributed by atoms with Crippen LogP contribution in [0, 0.1) is 0 Å². The molecule has 0 fully saturated rings. The SMILES string of the molecule is CCOCCCC(=O)c1cccc(C(=O)CCCOCCOCCOCCCS(=O)(=O)c2cccc(C3CN(C)Cc4c(Cl)cc(Cl)cc43)c2)c1. The number of ketones is 2. The van der Waals surface area contributed by atoms with Gasteiger partial charge in [0.05, 0.1) is 37.1 Å². The van der Waals surface area contributed by atoms with Crippen molar-refractivity contribution in [1.29, 1.82) is 0 Å². The summed E-state index contributed by atoms with van der Waals surface area (Å²) < 4.78 is 48.4. The number of ether oxygens (including phenoxy) is 4. The topological polar surface area (TPSA) is 108 Å². The van der Waals surface area contributed by atoms with Crippen LogP contribution in [-0.4, -0.2) is 97.1 Å². The van der Waals surface area contributed by atoms with Crippen LogP contribution in [0.4, 0.5) is 0 Å². The second-order valence-corrected chi connectivity index (χ2v) is 15.6. The molecule has 1 aliphatic rings. The average Bonchev–Trinajstić information content (AvgIpc) is 3.12. The largest absolute Gasteiger partial charge is 0.382 e. The summed E-state index contributed by atoms with van der Waals surface area (Å²) in [5.74, 6) is -0.0774. The molecule has 51 heavy (non-hydrogen) atoms. The molecule has 1 atom stereocenters. The van der Waals surface area contributed by atoms with Gasteiger partial charge in [-0.2, -0.15) is 0 Å². The lowest BCUT2D eigenvalue weighted by Gasteiger charge is -2.33. The van der Waals surface area contributed by atoms with Gasteiger partial charge >= 0.3 is 0 Å². The molecule has 0 bridgehead atoms. The summed E-state index contributed by atoms with van der Waals surface area (Å²) in [6, 6.07) is 17.7. The predicted octanol–water partition coefficient (Wildman–Crippen LogP) is 7.45. The van der Waals surface area contributed by atoms with Gasteiger partial charge in [-0.15, -0.1) is 0 Å². The number of hydrogen-bond acceptors (Lipinski definition) is 9. The summed E-state index contributed by atoms with van der Waals surface area (Å²) in [5, 5.41) is 1.19. The zero-order valence-electron chi connectivity index (χ0n) is 29.5. The summed E-state index contributed by atoms with van der Waals surface area (Å²) in [6.45, 7) is 6.74. The standard InChI is InChI=1S/C39H49Cl2NO8S/c1-3-47-15-6-13-38(43)30-10-4-11-31(23-30)39(44)14-7-16-48-18-20-50-21-19-49-17-8-22-51(45,46)33-12-5-9-29(24-33)35-27-42(2)28-36-34(35)25-32(40)26-37(36)41/h4-5,9-12,23-26,35H,3,6-8,13-22,27-28H2,1-2H3. The fourth-order valence-corrected chi connectivity index (χ4v) is 7.94. The second kappa shape index (κ2) is 21.1. The fourth-order valence-electron chi connectivity index (χ4n) is 6.03. The highest BCUT2D eigenvalue weighted by Gasteiger charge is 2.28. The van der Waals surface area contributed by atoms with Crippen molar-refractivity contribution in [3.05, 3.63) is 98.5 Å². The fraction of sp³-hybridized carbons (Fsp3) is 0.487. The van der Waals surface area contributed by atoms with Gasteiger partial charge in [0.1, 0.15) is 0 Å². The first-order chi connectivity index (χ1) is 24.6. The lowest BCUT2D eigenvalue weighted by atomic mass is 9.85. The molecule has 0 saturated carbocycles. The number of benzene rings is 3. The maximum Gasteiger partial charge on any atom is 0.178 e. The van der Waals surface area contributed by atoms with Gasteiger partial charge in [-0.3, -0.25) is 9.59 Å². The van der Waals surface area contributed by atoms with Crippen molar-refractivity contribution in [3.63, 3.8) is 0 Å². The molecular formula is C39H49Cl2NO8S. The van der Waals surface area contributed by atoms with E-state index in [2.05, 4.69) is 4.90 Å². The third-order valence-corrected chi connectivity index (χ3v) is 11.0. The molecule has 0 aliphatic carbocycles. The van der Waals surface area contributed by atoms with Crippen LogP contribution < -0.4 is 0 Å². The molecule has 0 radical (unpaired) electrons. The number of carbonyl (C=O) groups excluding carboxylic acids is 2. The molecule has 0 spiro atoms. The van der Waals surface area contributed by atoms with E-state index in [-0.39, 0.29) is 23.2 Å². The molecule has 0 amide bonds. The van der Waals surface area contributed by atoms with Crippen LogP contribution in [0.1, 0.15) is 82.4 Å². The summed E-state index contributed by atoms with van der Waals surface area (Å²) in [5.41, 5.74) is 4.05. The lowest BCUT2D eigenvalue weighted by Crippen LogP contribution is -2.31. The Labute approximate surface area is 312 Å². The number of carbonyl (C=O) groups is 2. The van der Waals surface area contributed by atoms with Gasteiger partial charge in [0, 0.05) is 79.4 Å². The van der Waals surface area contributed by atoms with Gasteiger partial charge < -0.3 is 23.8 Å². The van der Waals surface area contributed by atoms with E-state index >= 15 is 0 Å². The Morgan fingerprint density at radius 1 is 0.765 bits per heavy atom. The molecule has 3 aromatic carbocycles. The van der Waals surface area contributed by atoms with E-state index in [1.54, 1.807) is 48.5 Å². The molecule has 3 aromatic rings. The Kier molecular flexibility index (Phi) is 17.0. The number of fused-ring (bicyclic) bond motifs is 1. The molecular weight excluding hydrogens is 713 g/mol. The summed E-state index contributed by atoms with van der Waals surface area (Å²) in [4.78, 5) is 27.5. The number of sulfone groups is 1. The Morgan fingerprint density at radius 2 is 1.35 bits per heavy atom. The highest BCUT2D eigenvalue weighted by molar-refractivity contribution is 7.91. The van der Waals surface area contributed by atoms with Crippen LogP contribution in [0.2, 0.25) is 10.0 Å². The molecule has 9 nitrogen and oxygen atoms in total. The molecule has 0 N–H and O–H groups in total. The molecule has 278 valence electrons. The average molecular weight is 763 g/mol. The quantitative estimate of drug-likeness (QED) is 0.0720. The highest BCUT2D eigenvalue weighted by Crippen LogP contribution is 2.39. The first-order valence-corrected chi connectivity index (χ1v) is 20.0. The maximum absolute atomic E-state index is 13.2. The van der Waals surface area contributed by atoms with Crippen molar-refractivity contribution in [3.8, 4) is 0 Å². The molecule has 0 saturated heterocycles. The number of hydrogen-bond donors (Lipinski definition) is 0. The number of likely N-dealkylation sites (N-methyl/N-ethyl adjacent to an activating group) is 1.